The molecule has 2 atom stereocenters. The summed E-state index contributed by atoms with van der Waals surface area (Å²) in [5, 5.41) is 13.7. The molecule has 0 unspecified atom stereocenters. The van der Waals surface area contributed by atoms with Crippen molar-refractivity contribution in [1.29, 1.82) is 0 Å². The summed E-state index contributed by atoms with van der Waals surface area (Å²) >= 11 is 0. The van der Waals surface area contributed by atoms with Gasteiger partial charge in [0.1, 0.15) is 23.7 Å². The minimum absolute atomic E-state index is 0.0275. The Hall–Kier alpha value is -6.46. The number of phenolic OH excluding ortho intramolecular Hbond substituents is 1. The van der Waals surface area contributed by atoms with Gasteiger partial charge in [-0.25, -0.2) is 9.98 Å². The van der Waals surface area contributed by atoms with Crippen molar-refractivity contribution in [2.24, 2.45) is 4.99 Å². The monoisotopic (exact) mass is 701 g/mol. The lowest BCUT2D eigenvalue weighted by atomic mass is 9.85. The molecule has 1 aromatic heterocycles. The van der Waals surface area contributed by atoms with E-state index in [-0.39, 0.29) is 23.3 Å². The molecule has 10 rings (SSSR count). The van der Waals surface area contributed by atoms with Crippen molar-refractivity contribution in [2.45, 2.75) is 44.8 Å². The van der Waals surface area contributed by atoms with Crippen molar-refractivity contribution in [2.75, 3.05) is 0 Å². The summed E-state index contributed by atoms with van der Waals surface area (Å²) in [6, 6.07) is 52.7. The second kappa shape index (κ2) is 12.3. The van der Waals surface area contributed by atoms with Gasteiger partial charge in [0.25, 0.3) is 0 Å². The van der Waals surface area contributed by atoms with Crippen LogP contribution in [0.3, 0.4) is 0 Å². The van der Waals surface area contributed by atoms with Gasteiger partial charge in [0.15, 0.2) is 0 Å². The predicted octanol–water partition coefficient (Wildman–Crippen LogP) is 11.6. The number of nitrogens with zero attached hydrogens (tertiary/aromatic N) is 3. The first kappa shape index (κ1) is 32.2. The fraction of sp³-hybridized carbons (Fsp3) is 0.143. The van der Waals surface area contributed by atoms with Crippen LogP contribution in [0.4, 0.5) is 0 Å². The minimum atomic E-state index is -0.0495. The largest absolute Gasteiger partial charge is 0.507 e. The van der Waals surface area contributed by atoms with Gasteiger partial charge in [0.2, 0.25) is 5.90 Å². The highest BCUT2D eigenvalue weighted by Gasteiger charge is 2.39. The third-order valence-corrected chi connectivity index (χ3v) is 11.1. The van der Waals surface area contributed by atoms with Gasteiger partial charge in [-0.05, 0) is 75.0 Å². The van der Waals surface area contributed by atoms with Crippen LogP contribution >= 0.6 is 0 Å². The maximum atomic E-state index is 11.9. The van der Waals surface area contributed by atoms with Crippen molar-refractivity contribution >= 4 is 27.7 Å². The summed E-state index contributed by atoms with van der Waals surface area (Å²) in [5.74, 6) is 1.57. The molecule has 5 heteroatoms. The van der Waals surface area contributed by atoms with E-state index in [0.29, 0.717) is 17.3 Å². The molecular weight excluding hydrogens is 663 g/mol. The molecule has 2 aliphatic rings. The van der Waals surface area contributed by atoms with E-state index in [1.165, 1.54) is 16.7 Å². The van der Waals surface area contributed by atoms with Crippen LogP contribution in [0.25, 0.3) is 61.1 Å². The van der Waals surface area contributed by atoms with Gasteiger partial charge in [-0.2, -0.15) is 0 Å². The van der Waals surface area contributed by atoms with Crippen LogP contribution < -0.4 is 0 Å². The van der Waals surface area contributed by atoms with Gasteiger partial charge < -0.3 is 9.84 Å². The van der Waals surface area contributed by atoms with Crippen LogP contribution in [0.2, 0.25) is 0 Å². The lowest BCUT2D eigenvalue weighted by Gasteiger charge is -2.23. The van der Waals surface area contributed by atoms with Crippen LogP contribution in [0, 0.1) is 0 Å². The second-order valence-corrected chi connectivity index (χ2v) is 15.5. The Balaban J connectivity index is 1.19. The van der Waals surface area contributed by atoms with Crippen LogP contribution in [0.1, 0.15) is 49.1 Å². The third kappa shape index (κ3) is 5.22. The third-order valence-electron chi connectivity index (χ3n) is 11.1. The molecule has 0 amide bonds. The Kier molecular flexibility index (Phi) is 7.34. The van der Waals surface area contributed by atoms with Crippen molar-refractivity contribution in [1.82, 2.24) is 9.55 Å². The number of rotatable bonds is 5. The number of phenols is 1. The van der Waals surface area contributed by atoms with Crippen LogP contribution in [-0.4, -0.2) is 26.7 Å². The number of imidazole rings is 1. The molecule has 5 nitrogen and oxygen atoms in total. The lowest BCUT2D eigenvalue weighted by Crippen LogP contribution is -2.13. The quantitative estimate of drug-likeness (QED) is 0.194. The van der Waals surface area contributed by atoms with Crippen LogP contribution in [0.5, 0.6) is 5.75 Å². The summed E-state index contributed by atoms with van der Waals surface area (Å²) in [4.78, 5) is 10.5. The molecule has 1 aliphatic carbocycles. The Morgan fingerprint density at radius 1 is 0.667 bits per heavy atom. The highest BCUT2D eigenvalue weighted by molar-refractivity contribution is 6.01. The highest BCUT2D eigenvalue weighted by Crippen LogP contribution is 2.44. The normalized spacial score (nSPS) is 16.3. The first-order chi connectivity index (χ1) is 26.3. The zero-order valence-electron chi connectivity index (χ0n) is 30.5. The van der Waals surface area contributed by atoms with Gasteiger partial charge in [0.05, 0.1) is 22.3 Å². The lowest BCUT2D eigenvalue weighted by molar-refractivity contribution is 0.206. The summed E-state index contributed by atoms with van der Waals surface area (Å²) in [5.41, 5.74) is 12.4. The van der Waals surface area contributed by atoms with E-state index in [1.54, 1.807) is 0 Å². The molecule has 0 radical (unpaired) electrons. The molecule has 1 N–H and O–H groups in total. The molecule has 2 heterocycles. The Morgan fingerprint density at radius 3 is 2.30 bits per heavy atom. The van der Waals surface area contributed by atoms with Gasteiger partial charge in [-0.15, -0.1) is 0 Å². The van der Waals surface area contributed by atoms with Crippen molar-refractivity contribution in [3.05, 3.63) is 174 Å². The summed E-state index contributed by atoms with van der Waals surface area (Å²) in [7, 11) is 0. The summed E-state index contributed by atoms with van der Waals surface area (Å²) < 4.78 is 8.74. The van der Waals surface area contributed by atoms with Gasteiger partial charge in [-0.3, -0.25) is 4.57 Å². The van der Waals surface area contributed by atoms with E-state index >= 15 is 0 Å². The number of benzene rings is 7. The molecule has 0 saturated carbocycles. The van der Waals surface area contributed by atoms with E-state index in [1.807, 2.05) is 30.3 Å². The molecule has 54 heavy (non-hydrogen) atoms. The molecule has 0 bridgehead atoms. The number of para-hydroxylation sites is 1. The number of aromatic nitrogens is 2. The van der Waals surface area contributed by atoms with Crippen molar-refractivity contribution < 1.29 is 9.84 Å². The van der Waals surface area contributed by atoms with Crippen LogP contribution in [-0.2, 0) is 16.6 Å². The second-order valence-electron chi connectivity index (χ2n) is 15.5. The van der Waals surface area contributed by atoms with E-state index < -0.39 is 0 Å². The highest BCUT2D eigenvalue weighted by atomic mass is 16.5. The zero-order valence-corrected chi connectivity index (χ0v) is 30.5. The number of hydrogen-bond donors (Lipinski definition) is 1. The van der Waals surface area contributed by atoms with Crippen molar-refractivity contribution in [3.63, 3.8) is 0 Å². The molecule has 1 aliphatic heterocycles. The first-order valence-electron chi connectivity index (χ1n) is 18.7. The smallest absolute Gasteiger partial charge is 0.217 e. The molecule has 8 aromatic rings. The number of aliphatic imine (C=N–C) groups is 1. The first-order valence-corrected chi connectivity index (χ1v) is 18.7. The average molecular weight is 702 g/mol. The van der Waals surface area contributed by atoms with Gasteiger partial charge >= 0.3 is 0 Å². The maximum Gasteiger partial charge on any atom is 0.217 e. The Morgan fingerprint density at radius 2 is 1.43 bits per heavy atom. The number of hydrogen-bond acceptors (Lipinski definition) is 4. The Labute approximate surface area is 314 Å². The average Bonchev–Trinajstić information content (AvgIpc) is 3.89. The fourth-order valence-corrected chi connectivity index (χ4v) is 8.30. The number of fused-ring (bicyclic) bond motifs is 5. The van der Waals surface area contributed by atoms with Crippen LogP contribution in [0.15, 0.2) is 157 Å². The molecule has 0 spiro atoms. The molecule has 0 fully saturated rings. The zero-order chi connectivity index (χ0) is 36.6. The maximum absolute atomic E-state index is 11.9. The number of aromatic hydroxyl groups is 1. The fourth-order valence-electron chi connectivity index (χ4n) is 8.30. The molecule has 0 saturated heterocycles. The predicted molar refractivity (Wildman–Crippen MR) is 220 cm³/mol. The van der Waals surface area contributed by atoms with E-state index in [4.69, 9.17) is 14.7 Å². The summed E-state index contributed by atoms with van der Waals surface area (Å²) in [6.07, 6.45) is 0.900. The van der Waals surface area contributed by atoms with Gasteiger partial charge in [0, 0.05) is 28.5 Å². The summed E-state index contributed by atoms with van der Waals surface area (Å²) in [6.45, 7) is 6.74. The topological polar surface area (TPSA) is 59.6 Å². The number of ether oxygens (including phenoxy) is 1. The molecular formula is C49H39N3O2. The van der Waals surface area contributed by atoms with E-state index in [2.05, 4.69) is 147 Å². The van der Waals surface area contributed by atoms with E-state index in [0.717, 1.165) is 61.7 Å². The van der Waals surface area contributed by atoms with Gasteiger partial charge in [-0.1, -0.05) is 136 Å². The van der Waals surface area contributed by atoms with E-state index in [9.17, 15) is 5.11 Å². The molecule has 7 aromatic carbocycles. The molecule has 262 valence electrons. The Bertz CT molecular complexity index is 2790. The SMILES string of the molecule is CC(C)(C)c1ccc(-n2c(-c3ccc4ccccc4c3O)nc3c(-c4cccc(C5=N[C@H]6c7ccccc7C[C@H]6O5)c4)cccc32)c(-c2ccccc2)c1. The van der Waals surface area contributed by atoms with Crippen molar-refractivity contribution in [3.8, 4) is 45.1 Å². The minimum Gasteiger partial charge on any atom is -0.507 e. The standard InChI is InChI=1S/C49H39N3O2/c1-49(2,3)35-24-26-41(40(29-35)30-13-5-4-6-14-30)52-42-22-12-21-36(44(42)50-47(52)39-25-23-31-15-7-10-20-38(31)46(39)53)32-17-11-18-34(27-32)48-51-45-37-19-9-8-16-33(37)28-43(45)54-48/h4-27,29,43,45,53H,28H2,1-3H3/t43-,45+/m1/s1.